The number of benzene rings is 1. The number of rotatable bonds is 4. The summed E-state index contributed by atoms with van der Waals surface area (Å²) in [6.07, 6.45) is 2.44. The number of alkyl halides is 1. The molecule has 1 heterocycles. The van der Waals surface area contributed by atoms with Crippen molar-refractivity contribution in [3.05, 3.63) is 24.0 Å². The van der Waals surface area contributed by atoms with Gasteiger partial charge in [0.05, 0.1) is 11.0 Å². The van der Waals surface area contributed by atoms with Gasteiger partial charge in [-0.15, -0.1) is 0 Å². The Labute approximate surface area is 107 Å². The standard InChI is InChI=1S/C12H13BrFN3/c13-5-6-17(9-2-3-9)12-15-10-4-1-8(14)7-11(10)16-12/h1,4,7,9H,2-3,5-6H2,(H,15,16). The van der Waals surface area contributed by atoms with E-state index in [0.717, 1.165) is 28.9 Å². The Balaban J connectivity index is 1.98. The number of nitrogens with zero attached hydrogens (tertiary/aromatic N) is 2. The Morgan fingerprint density at radius 2 is 2.29 bits per heavy atom. The van der Waals surface area contributed by atoms with Crippen molar-refractivity contribution < 1.29 is 4.39 Å². The fraction of sp³-hybridized carbons (Fsp3) is 0.417. The van der Waals surface area contributed by atoms with Crippen LogP contribution in [0.2, 0.25) is 0 Å². The second-order valence-electron chi connectivity index (χ2n) is 4.34. The van der Waals surface area contributed by atoms with Crippen LogP contribution in [0.15, 0.2) is 18.2 Å². The molecule has 0 atom stereocenters. The lowest BCUT2D eigenvalue weighted by molar-refractivity contribution is 0.629. The third-order valence-corrected chi connectivity index (χ3v) is 3.37. The molecule has 1 aromatic carbocycles. The molecule has 90 valence electrons. The highest BCUT2D eigenvalue weighted by atomic mass is 79.9. The average Bonchev–Trinajstić information content (AvgIpc) is 3.05. The summed E-state index contributed by atoms with van der Waals surface area (Å²) < 4.78 is 13.1. The largest absolute Gasteiger partial charge is 0.339 e. The molecule has 17 heavy (non-hydrogen) atoms. The summed E-state index contributed by atoms with van der Waals surface area (Å²) in [5.41, 5.74) is 1.59. The second-order valence-corrected chi connectivity index (χ2v) is 5.13. The van der Waals surface area contributed by atoms with E-state index in [4.69, 9.17) is 0 Å². The van der Waals surface area contributed by atoms with Crippen LogP contribution in [-0.4, -0.2) is 27.9 Å². The van der Waals surface area contributed by atoms with Gasteiger partial charge in [-0.1, -0.05) is 15.9 Å². The molecule has 0 radical (unpaired) electrons. The van der Waals surface area contributed by atoms with E-state index in [9.17, 15) is 4.39 Å². The zero-order valence-corrected chi connectivity index (χ0v) is 10.9. The maximum absolute atomic E-state index is 13.1. The fourth-order valence-electron chi connectivity index (χ4n) is 2.04. The molecule has 3 nitrogen and oxygen atoms in total. The third-order valence-electron chi connectivity index (χ3n) is 3.02. The SMILES string of the molecule is Fc1ccc2nc(N(CCBr)C3CC3)[nH]c2c1. The molecule has 5 heteroatoms. The van der Waals surface area contributed by atoms with Crippen molar-refractivity contribution >= 4 is 32.9 Å². The number of halogens is 2. The van der Waals surface area contributed by atoms with Crippen molar-refractivity contribution in [1.29, 1.82) is 0 Å². The number of nitrogens with one attached hydrogen (secondary N) is 1. The van der Waals surface area contributed by atoms with Crippen molar-refractivity contribution in [2.45, 2.75) is 18.9 Å². The van der Waals surface area contributed by atoms with Gasteiger partial charge in [-0.2, -0.15) is 0 Å². The van der Waals surface area contributed by atoms with Crippen LogP contribution < -0.4 is 4.90 Å². The summed E-state index contributed by atoms with van der Waals surface area (Å²) in [4.78, 5) is 9.97. The van der Waals surface area contributed by atoms with E-state index in [0.29, 0.717) is 6.04 Å². The van der Waals surface area contributed by atoms with Crippen LogP contribution in [0.3, 0.4) is 0 Å². The van der Waals surface area contributed by atoms with E-state index in [1.807, 2.05) is 0 Å². The minimum absolute atomic E-state index is 0.230. The van der Waals surface area contributed by atoms with Gasteiger partial charge < -0.3 is 9.88 Å². The predicted molar refractivity (Wildman–Crippen MR) is 70.2 cm³/mol. The van der Waals surface area contributed by atoms with Crippen LogP contribution in [0.4, 0.5) is 10.3 Å². The first-order valence-corrected chi connectivity index (χ1v) is 6.88. The summed E-state index contributed by atoms with van der Waals surface area (Å²) in [6.45, 7) is 0.924. The Kier molecular flexibility index (Phi) is 2.78. The molecule has 0 spiro atoms. The Hall–Kier alpha value is -1.10. The highest BCUT2D eigenvalue weighted by molar-refractivity contribution is 9.09. The summed E-state index contributed by atoms with van der Waals surface area (Å²) in [5, 5.41) is 0.912. The molecule has 0 saturated heterocycles. The van der Waals surface area contributed by atoms with Crippen LogP contribution in [-0.2, 0) is 0 Å². The van der Waals surface area contributed by atoms with Gasteiger partial charge in [0.25, 0.3) is 0 Å². The molecule has 1 aliphatic rings. The summed E-state index contributed by atoms with van der Waals surface area (Å²) in [7, 11) is 0. The molecular weight excluding hydrogens is 285 g/mol. The minimum atomic E-state index is -0.230. The first-order chi connectivity index (χ1) is 8.28. The lowest BCUT2D eigenvalue weighted by Gasteiger charge is -2.19. The quantitative estimate of drug-likeness (QED) is 0.880. The molecule has 1 aliphatic carbocycles. The number of aromatic nitrogens is 2. The molecule has 0 aliphatic heterocycles. The van der Waals surface area contributed by atoms with Crippen molar-refractivity contribution in [2.75, 3.05) is 16.8 Å². The minimum Gasteiger partial charge on any atom is -0.339 e. The van der Waals surface area contributed by atoms with Gasteiger partial charge in [-0.3, -0.25) is 0 Å². The first kappa shape index (κ1) is 11.0. The average molecular weight is 298 g/mol. The fourth-order valence-corrected chi connectivity index (χ4v) is 2.43. The molecule has 1 N–H and O–H groups in total. The van der Waals surface area contributed by atoms with E-state index in [2.05, 4.69) is 30.8 Å². The molecule has 0 bridgehead atoms. The van der Waals surface area contributed by atoms with E-state index in [-0.39, 0.29) is 5.82 Å². The van der Waals surface area contributed by atoms with Gasteiger partial charge in [0.2, 0.25) is 5.95 Å². The number of H-pyrrole nitrogens is 1. The van der Waals surface area contributed by atoms with E-state index in [1.54, 1.807) is 6.07 Å². The van der Waals surface area contributed by atoms with Crippen molar-refractivity contribution in [2.24, 2.45) is 0 Å². The van der Waals surface area contributed by atoms with E-state index in [1.165, 1.54) is 25.0 Å². The summed E-state index contributed by atoms with van der Waals surface area (Å²) in [5.74, 6) is 0.624. The first-order valence-electron chi connectivity index (χ1n) is 5.76. The lowest BCUT2D eigenvalue weighted by Crippen LogP contribution is -2.28. The second kappa shape index (κ2) is 4.29. The van der Waals surface area contributed by atoms with E-state index < -0.39 is 0 Å². The third kappa shape index (κ3) is 2.16. The van der Waals surface area contributed by atoms with Crippen LogP contribution >= 0.6 is 15.9 Å². The van der Waals surface area contributed by atoms with Gasteiger partial charge >= 0.3 is 0 Å². The summed E-state index contributed by atoms with van der Waals surface area (Å²) in [6, 6.07) is 5.24. The van der Waals surface area contributed by atoms with E-state index >= 15 is 0 Å². The highest BCUT2D eigenvalue weighted by Gasteiger charge is 2.30. The Morgan fingerprint density at radius 3 is 3.00 bits per heavy atom. The van der Waals surface area contributed by atoms with Crippen LogP contribution in [0, 0.1) is 5.82 Å². The zero-order valence-electron chi connectivity index (χ0n) is 9.29. The summed E-state index contributed by atoms with van der Waals surface area (Å²) >= 11 is 3.46. The molecule has 0 amide bonds. The topological polar surface area (TPSA) is 31.9 Å². The maximum atomic E-state index is 13.1. The molecule has 1 fully saturated rings. The van der Waals surface area contributed by atoms with Crippen LogP contribution in [0.5, 0.6) is 0 Å². The maximum Gasteiger partial charge on any atom is 0.204 e. The van der Waals surface area contributed by atoms with Gasteiger partial charge in [0, 0.05) is 17.9 Å². The van der Waals surface area contributed by atoms with Crippen LogP contribution in [0.25, 0.3) is 11.0 Å². The zero-order chi connectivity index (χ0) is 11.8. The van der Waals surface area contributed by atoms with Gasteiger partial charge in [-0.25, -0.2) is 9.37 Å². The normalized spacial score (nSPS) is 15.4. The van der Waals surface area contributed by atoms with Crippen molar-refractivity contribution in [3.63, 3.8) is 0 Å². The molecule has 1 aromatic heterocycles. The number of hydrogen-bond acceptors (Lipinski definition) is 2. The number of fused-ring (bicyclic) bond motifs is 1. The Morgan fingerprint density at radius 1 is 1.47 bits per heavy atom. The number of imidazole rings is 1. The van der Waals surface area contributed by atoms with Crippen LogP contribution in [0.1, 0.15) is 12.8 Å². The predicted octanol–water partition coefficient (Wildman–Crippen LogP) is 3.07. The lowest BCUT2D eigenvalue weighted by atomic mass is 10.3. The van der Waals surface area contributed by atoms with Crippen molar-refractivity contribution in [3.8, 4) is 0 Å². The van der Waals surface area contributed by atoms with Gasteiger partial charge in [-0.05, 0) is 31.0 Å². The molecule has 0 unspecified atom stereocenters. The monoisotopic (exact) mass is 297 g/mol. The smallest absolute Gasteiger partial charge is 0.204 e. The van der Waals surface area contributed by atoms with Crippen molar-refractivity contribution in [1.82, 2.24) is 9.97 Å². The number of anilines is 1. The van der Waals surface area contributed by atoms with Gasteiger partial charge in [0.15, 0.2) is 0 Å². The molecule has 1 saturated carbocycles. The van der Waals surface area contributed by atoms with Gasteiger partial charge in [0.1, 0.15) is 5.82 Å². The molecule has 2 aromatic rings. The highest BCUT2D eigenvalue weighted by Crippen LogP contribution is 2.31. The molecule has 3 rings (SSSR count). The number of aromatic amines is 1. The Bertz CT molecular complexity index is 536. The number of hydrogen-bond donors (Lipinski definition) is 1. The molecular formula is C12H13BrFN3.